The van der Waals surface area contributed by atoms with E-state index in [-0.39, 0.29) is 5.54 Å². The number of carbonyl (C=O) groups is 1. The monoisotopic (exact) mass is 260 g/mol. The first kappa shape index (κ1) is 13.5. The summed E-state index contributed by atoms with van der Waals surface area (Å²) in [4.78, 5) is 11.2. The minimum atomic E-state index is -0.0856. The molecule has 0 fully saturated rings. The number of aryl methyl sites for hydroxylation is 2. The Bertz CT molecular complexity index is 601. The summed E-state index contributed by atoms with van der Waals surface area (Å²) in [7, 11) is 0. The predicted molar refractivity (Wildman–Crippen MR) is 74.2 cm³/mol. The summed E-state index contributed by atoms with van der Waals surface area (Å²) in [6.07, 6.45) is 4.59. The molecule has 2 aromatic heterocycles. The number of hydrogen-bond donors (Lipinski definition) is 0. The molecule has 0 saturated heterocycles. The third-order valence-corrected chi connectivity index (χ3v) is 3.08. The normalized spacial score (nSPS) is 11.8. The van der Waals surface area contributed by atoms with Gasteiger partial charge in [-0.05, 0) is 34.6 Å². The maximum absolute atomic E-state index is 11.2. The van der Waals surface area contributed by atoms with E-state index in [1.165, 1.54) is 0 Å². The van der Waals surface area contributed by atoms with Crippen molar-refractivity contribution < 1.29 is 4.79 Å². The Labute approximate surface area is 113 Å². The van der Waals surface area contributed by atoms with Gasteiger partial charge in [0.25, 0.3) is 0 Å². The van der Waals surface area contributed by atoms with E-state index in [0.29, 0.717) is 11.3 Å². The zero-order valence-electron chi connectivity index (χ0n) is 12.1. The first-order chi connectivity index (χ1) is 8.86. The zero-order valence-corrected chi connectivity index (χ0v) is 12.1. The quantitative estimate of drug-likeness (QED) is 0.797. The van der Waals surface area contributed by atoms with Crippen molar-refractivity contribution in [3.63, 3.8) is 0 Å². The van der Waals surface area contributed by atoms with Crippen LogP contribution < -0.4 is 0 Å². The van der Waals surface area contributed by atoms with Crippen LogP contribution in [0.1, 0.15) is 43.7 Å². The summed E-state index contributed by atoms with van der Waals surface area (Å²) in [5.74, 6) is 0. The van der Waals surface area contributed by atoms with E-state index in [0.717, 1.165) is 24.1 Å². The minimum Gasteiger partial charge on any atom is -0.298 e. The SMILES string of the molecule is CCn1cc(C=O)c(-c2cn(C(C)(C)C)nc2C)n1. The Morgan fingerprint density at radius 2 is 1.95 bits per heavy atom. The van der Waals surface area contributed by atoms with Gasteiger partial charge in [0.1, 0.15) is 5.69 Å². The highest BCUT2D eigenvalue weighted by atomic mass is 16.1. The Hall–Kier alpha value is -1.91. The Kier molecular flexibility index (Phi) is 3.30. The van der Waals surface area contributed by atoms with Gasteiger partial charge < -0.3 is 0 Å². The molecule has 0 aliphatic heterocycles. The van der Waals surface area contributed by atoms with Crippen LogP contribution in [-0.4, -0.2) is 25.8 Å². The van der Waals surface area contributed by atoms with E-state index in [4.69, 9.17) is 0 Å². The van der Waals surface area contributed by atoms with Crippen LogP contribution in [0.15, 0.2) is 12.4 Å². The lowest BCUT2D eigenvalue weighted by Gasteiger charge is -2.18. The van der Waals surface area contributed by atoms with E-state index in [1.54, 1.807) is 10.9 Å². The van der Waals surface area contributed by atoms with E-state index >= 15 is 0 Å². The van der Waals surface area contributed by atoms with Gasteiger partial charge in [-0.25, -0.2) is 0 Å². The number of hydrogen-bond acceptors (Lipinski definition) is 3. The van der Waals surface area contributed by atoms with E-state index in [9.17, 15) is 4.79 Å². The molecule has 19 heavy (non-hydrogen) atoms. The average molecular weight is 260 g/mol. The van der Waals surface area contributed by atoms with Crippen LogP contribution in [-0.2, 0) is 12.1 Å². The standard InChI is InChI=1S/C14H20N4O/c1-6-17-7-11(9-19)13(16-17)12-8-18(14(3,4)5)15-10(12)2/h7-9H,6H2,1-5H3. The molecule has 0 aliphatic rings. The molecule has 0 unspecified atom stereocenters. The second kappa shape index (κ2) is 4.64. The first-order valence-corrected chi connectivity index (χ1v) is 6.46. The van der Waals surface area contributed by atoms with Gasteiger partial charge in [-0.1, -0.05) is 0 Å². The smallest absolute Gasteiger partial charge is 0.153 e. The molecular formula is C14H20N4O. The highest BCUT2D eigenvalue weighted by Crippen LogP contribution is 2.26. The molecule has 0 spiro atoms. The van der Waals surface area contributed by atoms with Crippen LogP contribution in [0.3, 0.4) is 0 Å². The third kappa shape index (κ3) is 2.45. The van der Waals surface area contributed by atoms with Gasteiger partial charge in [0.05, 0.1) is 16.8 Å². The molecule has 0 saturated carbocycles. The molecule has 5 nitrogen and oxygen atoms in total. The molecule has 102 valence electrons. The molecule has 2 aromatic rings. The van der Waals surface area contributed by atoms with Crippen LogP contribution >= 0.6 is 0 Å². The summed E-state index contributed by atoms with van der Waals surface area (Å²) >= 11 is 0. The molecule has 2 heterocycles. The summed E-state index contributed by atoms with van der Waals surface area (Å²) in [6, 6.07) is 0. The highest BCUT2D eigenvalue weighted by Gasteiger charge is 2.20. The van der Waals surface area contributed by atoms with Crippen molar-refractivity contribution >= 4 is 6.29 Å². The van der Waals surface area contributed by atoms with Gasteiger partial charge in [-0.15, -0.1) is 0 Å². The van der Waals surface area contributed by atoms with Crippen LogP contribution in [0, 0.1) is 6.92 Å². The maximum atomic E-state index is 11.2. The number of rotatable bonds is 3. The lowest BCUT2D eigenvalue weighted by atomic mass is 10.1. The van der Waals surface area contributed by atoms with Gasteiger partial charge in [0.15, 0.2) is 6.29 Å². The van der Waals surface area contributed by atoms with Gasteiger partial charge in [0, 0.05) is 24.5 Å². The Balaban J connectivity index is 2.56. The maximum Gasteiger partial charge on any atom is 0.153 e. The Morgan fingerprint density at radius 3 is 2.42 bits per heavy atom. The van der Waals surface area contributed by atoms with Crippen molar-refractivity contribution in [2.24, 2.45) is 0 Å². The molecule has 0 aromatic carbocycles. The number of aldehydes is 1. The van der Waals surface area contributed by atoms with Crippen LogP contribution in [0.4, 0.5) is 0 Å². The zero-order chi connectivity index (χ0) is 14.2. The van der Waals surface area contributed by atoms with E-state index in [1.807, 2.05) is 24.7 Å². The van der Waals surface area contributed by atoms with E-state index in [2.05, 4.69) is 31.0 Å². The van der Waals surface area contributed by atoms with Gasteiger partial charge in [0.2, 0.25) is 0 Å². The molecule has 0 N–H and O–H groups in total. The molecule has 0 radical (unpaired) electrons. The number of nitrogens with zero attached hydrogens (tertiary/aromatic N) is 4. The second-order valence-electron chi connectivity index (χ2n) is 5.65. The average Bonchev–Trinajstić information content (AvgIpc) is 2.90. The van der Waals surface area contributed by atoms with Crippen LogP contribution in [0.2, 0.25) is 0 Å². The van der Waals surface area contributed by atoms with E-state index < -0.39 is 0 Å². The molecule has 0 bridgehead atoms. The third-order valence-electron chi connectivity index (χ3n) is 3.08. The number of carbonyl (C=O) groups excluding carboxylic acids is 1. The molecule has 0 atom stereocenters. The van der Waals surface area contributed by atoms with Crippen molar-refractivity contribution in [1.82, 2.24) is 19.6 Å². The highest BCUT2D eigenvalue weighted by molar-refractivity contribution is 5.85. The molecule has 0 amide bonds. The largest absolute Gasteiger partial charge is 0.298 e. The van der Waals surface area contributed by atoms with Crippen molar-refractivity contribution in [3.8, 4) is 11.3 Å². The first-order valence-electron chi connectivity index (χ1n) is 6.46. The van der Waals surface area contributed by atoms with Crippen LogP contribution in [0.25, 0.3) is 11.3 Å². The minimum absolute atomic E-state index is 0.0856. The van der Waals surface area contributed by atoms with Crippen molar-refractivity contribution in [1.29, 1.82) is 0 Å². The summed E-state index contributed by atoms with van der Waals surface area (Å²) < 4.78 is 3.68. The molecular weight excluding hydrogens is 240 g/mol. The predicted octanol–water partition coefficient (Wildman–Crippen LogP) is 2.64. The molecule has 0 aliphatic carbocycles. The summed E-state index contributed by atoms with van der Waals surface area (Å²) in [5, 5.41) is 8.98. The summed E-state index contributed by atoms with van der Waals surface area (Å²) in [5.41, 5.74) is 3.05. The fraction of sp³-hybridized carbons (Fsp3) is 0.500. The number of aromatic nitrogens is 4. The summed E-state index contributed by atoms with van der Waals surface area (Å²) in [6.45, 7) is 11.0. The fourth-order valence-corrected chi connectivity index (χ4v) is 1.93. The molecule has 2 rings (SSSR count). The topological polar surface area (TPSA) is 52.7 Å². The van der Waals surface area contributed by atoms with Crippen molar-refractivity contribution in [2.45, 2.75) is 46.7 Å². The van der Waals surface area contributed by atoms with Crippen LogP contribution in [0.5, 0.6) is 0 Å². The second-order valence-corrected chi connectivity index (χ2v) is 5.65. The van der Waals surface area contributed by atoms with Gasteiger partial charge in [-0.2, -0.15) is 10.2 Å². The Morgan fingerprint density at radius 1 is 1.26 bits per heavy atom. The van der Waals surface area contributed by atoms with Gasteiger partial charge >= 0.3 is 0 Å². The lowest BCUT2D eigenvalue weighted by Crippen LogP contribution is -2.22. The lowest BCUT2D eigenvalue weighted by molar-refractivity contribution is 0.112. The van der Waals surface area contributed by atoms with Gasteiger partial charge in [-0.3, -0.25) is 14.2 Å². The molecule has 5 heteroatoms. The fourth-order valence-electron chi connectivity index (χ4n) is 1.93. The van der Waals surface area contributed by atoms with Crippen molar-refractivity contribution in [3.05, 3.63) is 23.7 Å². The van der Waals surface area contributed by atoms with Crippen molar-refractivity contribution in [2.75, 3.05) is 0 Å².